The molecule has 0 spiro atoms. The van der Waals surface area contributed by atoms with Gasteiger partial charge in [0.1, 0.15) is 0 Å². The Labute approximate surface area is 123 Å². The largest absolute Gasteiger partial charge is 0.348 e. The molecule has 3 N–H and O–H groups in total. The van der Waals surface area contributed by atoms with E-state index >= 15 is 0 Å². The van der Waals surface area contributed by atoms with Crippen molar-refractivity contribution in [2.75, 3.05) is 13.1 Å². The van der Waals surface area contributed by atoms with E-state index in [0.717, 1.165) is 22.6 Å². The lowest BCUT2D eigenvalue weighted by Crippen LogP contribution is -2.50. The Bertz CT molecular complexity index is 490. The standard InChI is InChI=1S/C14H21N3O2S/c1-9-3-4-12(20-9)13(18)16-11-5-7-17(8-6-11)14(19)10(2)15/h3-4,10-11H,5-8,15H2,1-2H3,(H,16,18)/t10-/m1/s1. The molecule has 6 heteroatoms. The van der Waals surface area contributed by atoms with Gasteiger partial charge >= 0.3 is 0 Å². The van der Waals surface area contributed by atoms with Crippen LogP contribution in [0, 0.1) is 6.92 Å². The SMILES string of the molecule is Cc1ccc(C(=O)NC2CCN(C(=O)[C@@H](C)N)CC2)s1. The second kappa shape index (κ2) is 6.37. The van der Waals surface area contributed by atoms with Crippen LogP contribution in [0.2, 0.25) is 0 Å². The zero-order valence-corrected chi connectivity index (χ0v) is 12.7. The molecule has 20 heavy (non-hydrogen) atoms. The van der Waals surface area contributed by atoms with E-state index in [1.165, 1.54) is 11.3 Å². The van der Waals surface area contributed by atoms with E-state index in [2.05, 4.69) is 5.32 Å². The van der Waals surface area contributed by atoms with Crippen molar-refractivity contribution in [2.45, 2.75) is 38.8 Å². The highest BCUT2D eigenvalue weighted by atomic mass is 32.1. The summed E-state index contributed by atoms with van der Waals surface area (Å²) in [5.41, 5.74) is 5.60. The molecule has 0 radical (unpaired) electrons. The Morgan fingerprint density at radius 2 is 2.05 bits per heavy atom. The molecule has 0 bridgehead atoms. The number of nitrogens with zero attached hydrogens (tertiary/aromatic N) is 1. The Hall–Kier alpha value is -1.40. The molecule has 1 atom stereocenters. The van der Waals surface area contributed by atoms with Crippen molar-refractivity contribution in [3.05, 3.63) is 21.9 Å². The van der Waals surface area contributed by atoms with E-state index in [1.807, 2.05) is 19.1 Å². The van der Waals surface area contributed by atoms with Gasteiger partial charge in [0.2, 0.25) is 5.91 Å². The molecule has 110 valence electrons. The van der Waals surface area contributed by atoms with E-state index in [1.54, 1.807) is 11.8 Å². The van der Waals surface area contributed by atoms with Crippen LogP contribution in [0.5, 0.6) is 0 Å². The third-order valence-corrected chi connectivity index (χ3v) is 4.49. The smallest absolute Gasteiger partial charge is 0.261 e. The average molecular weight is 295 g/mol. The minimum atomic E-state index is -0.449. The van der Waals surface area contributed by atoms with Gasteiger partial charge in [-0.25, -0.2) is 0 Å². The fourth-order valence-corrected chi connectivity index (χ4v) is 3.12. The fourth-order valence-electron chi connectivity index (χ4n) is 2.35. The molecule has 1 aliphatic rings. The number of likely N-dealkylation sites (tertiary alicyclic amines) is 1. The number of nitrogens with two attached hydrogens (primary N) is 1. The first-order valence-electron chi connectivity index (χ1n) is 6.89. The van der Waals surface area contributed by atoms with E-state index in [4.69, 9.17) is 5.73 Å². The molecular weight excluding hydrogens is 274 g/mol. The van der Waals surface area contributed by atoms with Crippen molar-refractivity contribution in [1.29, 1.82) is 0 Å². The lowest BCUT2D eigenvalue weighted by atomic mass is 10.0. The molecule has 1 aromatic heterocycles. The molecule has 5 nitrogen and oxygen atoms in total. The molecule has 1 aliphatic heterocycles. The average Bonchev–Trinajstić information content (AvgIpc) is 2.85. The predicted octanol–water partition coefficient (Wildman–Crippen LogP) is 1.12. The molecule has 0 saturated carbocycles. The van der Waals surface area contributed by atoms with Crippen molar-refractivity contribution >= 4 is 23.2 Å². The Balaban J connectivity index is 1.83. The van der Waals surface area contributed by atoms with Gasteiger partial charge in [-0.2, -0.15) is 0 Å². The van der Waals surface area contributed by atoms with Gasteiger partial charge in [0.05, 0.1) is 10.9 Å². The second-order valence-electron chi connectivity index (χ2n) is 5.27. The molecule has 2 amide bonds. The summed E-state index contributed by atoms with van der Waals surface area (Å²) in [5.74, 6) is -0.0243. The number of amides is 2. The Kier molecular flexibility index (Phi) is 4.77. The zero-order valence-electron chi connectivity index (χ0n) is 11.9. The highest BCUT2D eigenvalue weighted by Gasteiger charge is 2.25. The van der Waals surface area contributed by atoms with Crippen LogP contribution in [0.3, 0.4) is 0 Å². The molecule has 0 aliphatic carbocycles. The van der Waals surface area contributed by atoms with Crippen LogP contribution in [0.1, 0.15) is 34.3 Å². The second-order valence-corrected chi connectivity index (χ2v) is 6.56. The van der Waals surface area contributed by atoms with Crippen LogP contribution < -0.4 is 11.1 Å². The van der Waals surface area contributed by atoms with Crippen LogP contribution >= 0.6 is 11.3 Å². The topological polar surface area (TPSA) is 75.4 Å². The summed E-state index contributed by atoms with van der Waals surface area (Å²) in [4.78, 5) is 27.5. The van der Waals surface area contributed by atoms with E-state index < -0.39 is 6.04 Å². The monoisotopic (exact) mass is 295 g/mol. The van der Waals surface area contributed by atoms with Crippen LogP contribution in [-0.4, -0.2) is 41.9 Å². The van der Waals surface area contributed by atoms with Gasteiger partial charge in [-0.05, 0) is 38.8 Å². The third-order valence-electron chi connectivity index (χ3n) is 3.50. The highest BCUT2D eigenvalue weighted by Crippen LogP contribution is 2.17. The normalized spacial score (nSPS) is 17.9. The van der Waals surface area contributed by atoms with E-state index in [9.17, 15) is 9.59 Å². The van der Waals surface area contributed by atoms with Crippen molar-refractivity contribution in [1.82, 2.24) is 10.2 Å². The van der Waals surface area contributed by atoms with Gasteiger partial charge in [-0.15, -0.1) is 11.3 Å². The Morgan fingerprint density at radius 3 is 2.55 bits per heavy atom. The maximum Gasteiger partial charge on any atom is 0.261 e. The molecule has 1 fully saturated rings. The summed E-state index contributed by atoms with van der Waals surface area (Å²) >= 11 is 1.50. The van der Waals surface area contributed by atoms with E-state index in [0.29, 0.717) is 13.1 Å². The number of hydrogen-bond acceptors (Lipinski definition) is 4. The van der Waals surface area contributed by atoms with Crippen LogP contribution in [0.25, 0.3) is 0 Å². The summed E-state index contributed by atoms with van der Waals surface area (Å²) in [6, 6.07) is 3.49. The van der Waals surface area contributed by atoms with Crippen LogP contribution in [0.4, 0.5) is 0 Å². The van der Waals surface area contributed by atoms with Gasteiger partial charge in [-0.3, -0.25) is 9.59 Å². The van der Waals surface area contributed by atoms with Crippen LogP contribution in [-0.2, 0) is 4.79 Å². The number of nitrogens with one attached hydrogen (secondary N) is 1. The summed E-state index contributed by atoms with van der Waals surface area (Å²) in [7, 11) is 0. The summed E-state index contributed by atoms with van der Waals surface area (Å²) < 4.78 is 0. The maximum absolute atomic E-state index is 12.0. The highest BCUT2D eigenvalue weighted by molar-refractivity contribution is 7.13. The molecule has 2 rings (SSSR count). The van der Waals surface area contributed by atoms with Gasteiger partial charge in [0.15, 0.2) is 0 Å². The maximum atomic E-state index is 12.0. The minimum absolute atomic E-state index is 0.0105. The van der Waals surface area contributed by atoms with Crippen LogP contribution in [0.15, 0.2) is 12.1 Å². The molecule has 1 saturated heterocycles. The lowest BCUT2D eigenvalue weighted by molar-refractivity contribution is -0.133. The fraction of sp³-hybridized carbons (Fsp3) is 0.571. The third kappa shape index (κ3) is 3.58. The van der Waals surface area contributed by atoms with Gasteiger partial charge in [-0.1, -0.05) is 0 Å². The Morgan fingerprint density at radius 1 is 1.40 bits per heavy atom. The molecular formula is C14H21N3O2S. The summed E-state index contributed by atoms with van der Waals surface area (Å²) in [5, 5.41) is 3.04. The molecule has 2 heterocycles. The molecule has 0 unspecified atom stereocenters. The van der Waals surface area contributed by atoms with Gasteiger partial charge in [0, 0.05) is 24.0 Å². The number of carbonyl (C=O) groups excluding carboxylic acids is 2. The molecule has 1 aromatic rings. The first-order valence-corrected chi connectivity index (χ1v) is 7.70. The number of piperidine rings is 1. The zero-order chi connectivity index (χ0) is 14.7. The quantitative estimate of drug-likeness (QED) is 0.877. The van der Waals surface area contributed by atoms with Gasteiger partial charge < -0.3 is 16.0 Å². The van der Waals surface area contributed by atoms with E-state index in [-0.39, 0.29) is 17.9 Å². The number of aryl methyl sites for hydroxylation is 1. The number of thiophene rings is 1. The lowest BCUT2D eigenvalue weighted by Gasteiger charge is -2.33. The first-order chi connectivity index (χ1) is 9.47. The van der Waals surface area contributed by atoms with Crippen molar-refractivity contribution in [2.24, 2.45) is 5.73 Å². The summed E-state index contributed by atoms with van der Waals surface area (Å²) in [6.45, 7) is 5.01. The van der Waals surface area contributed by atoms with Crippen molar-refractivity contribution in [3.63, 3.8) is 0 Å². The number of carbonyl (C=O) groups is 2. The number of hydrogen-bond donors (Lipinski definition) is 2. The van der Waals surface area contributed by atoms with Gasteiger partial charge in [0.25, 0.3) is 5.91 Å². The van der Waals surface area contributed by atoms with Crippen molar-refractivity contribution < 1.29 is 9.59 Å². The molecule has 0 aromatic carbocycles. The summed E-state index contributed by atoms with van der Waals surface area (Å²) in [6.07, 6.45) is 1.57. The van der Waals surface area contributed by atoms with Crippen molar-refractivity contribution in [3.8, 4) is 0 Å². The number of rotatable bonds is 3. The first kappa shape index (κ1) is 15.0. The minimum Gasteiger partial charge on any atom is -0.348 e. The predicted molar refractivity (Wildman–Crippen MR) is 79.8 cm³/mol.